The first-order valence-electron chi connectivity index (χ1n) is 6.44. The van der Waals surface area contributed by atoms with E-state index < -0.39 is 11.5 Å². The number of nitrogens with one attached hydrogen (secondary N) is 1. The van der Waals surface area contributed by atoms with Crippen molar-refractivity contribution >= 4 is 27.6 Å². The average molecular weight is 342 g/mol. The van der Waals surface area contributed by atoms with Crippen molar-refractivity contribution in [1.82, 2.24) is 5.32 Å². The maximum Gasteiger partial charge on any atom is 0.261 e. The number of para-hydroxylation sites is 1. The van der Waals surface area contributed by atoms with Gasteiger partial charge in [0.05, 0.1) is 11.0 Å². The van der Waals surface area contributed by atoms with E-state index in [1.165, 1.54) is 0 Å². The Bertz CT molecular complexity index is 494. The molecule has 5 heteroatoms. The van der Waals surface area contributed by atoms with Crippen molar-refractivity contribution in [2.24, 2.45) is 5.41 Å². The zero-order valence-electron chi connectivity index (χ0n) is 12.2. The lowest BCUT2D eigenvalue weighted by Crippen LogP contribution is -2.41. The molecule has 0 aliphatic rings. The molecule has 0 fully saturated rings. The van der Waals surface area contributed by atoms with E-state index in [0.717, 1.165) is 4.47 Å². The molecule has 0 aliphatic carbocycles. The van der Waals surface area contributed by atoms with Crippen LogP contribution < -0.4 is 10.1 Å². The van der Waals surface area contributed by atoms with Gasteiger partial charge in [0.15, 0.2) is 11.9 Å². The number of rotatable bonds is 5. The smallest absolute Gasteiger partial charge is 0.261 e. The van der Waals surface area contributed by atoms with Gasteiger partial charge in [-0.15, -0.1) is 0 Å². The second-order valence-corrected chi connectivity index (χ2v) is 6.44. The highest BCUT2D eigenvalue weighted by atomic mass is 79.9. The summed E-state index contributed by atoms with van der Waals surface area (Å²) >= 11 is 3.35. The molecule has 0 bridgehead atoms. The van der Waals surface area contributed by atoms with Gasteiger partial charge >= 0.3 is 0 Å². The molecular weight excluding hydrogens is 322 g/mol. The summed E-state index contributed by atoms with van der Waals surface area (Å²) in [4.78, 5) is 23.6. The summed E-state index contributed by atoms with van der Waals surface area (Å²) in [5, 5.41) is 2.60. The Balaban J connectivity index is 2.52. The molecule has 1 aromatic rings. The Morgan fingerprint density at radius 3 is 2.45 bits per heavy atom. The van der Waals surface area contributed by atoms with E-state index >= 15 is 0 Å². The first-order valence-corrected chi connectivity index (χ1v) is 7.23. The van der Waals surface area contributed by atoms with Crippen molar-refractivity contribution in [3.05, 3.63) is 28.7 Å². The van der Waals surface area contributed by atoms with Crippen LogP contribution in [-0.4, -0.2) is 24.3 Å². The molecule has 0 aromatic heterocycles. The summed E-state index contributed by atoms with van der Waals surface area (Å²) in [5.74, 6) is 0.273. The predicted molar refractivity (Wildman–Crippen MR) is 81.7 cm³/mol. The number of halogens is 1. The van der Waals surface area contributed by atoms with E-state index in [1.807, 2.05) is 39.0 Å². The van der Waals surface area contributed by atoms with Gasteiger partial charge in [-0.25, -0.2) is 0 Å². The van der Waals surface area contributed by atoms with Crippen molar-refractivity contribution in [2.45, 2.75) is 33.8 Å². The Morgan fingerprint density at radius 1 is 1.30 bits per heavy atom. The minimum atomic E-state index is -0.665. The molecule has 1 N–H and O–H groups in total. The third kappa shape index (κ3) is 4.96. The summed E-state index contributed by atoms with van der Waals surface area (Å²) in [7, 11) is 0. The largest absolute Gasteiger partial charge is 0.480 e. The molecule has 1 atom stereocenters. The highest BCUT2D eigenvalue weighted by Crippen LogP contribution is 2.24. The minimum absolute atomic E-state index is 0.0149. The molecular formula is C15H20BrNO3. The SMILES string of the molecule is CC(Oc1ccccc1Br)C(=O)NCC(=O)C(C)(C)C. The molecule has 0 spiro atoms. The van der Waals surface area contributed by atoms with Crippen LogP contribution in [-0.2, 0) is 9.59 Å². The van der Waals surface area contributed by atoms with Gasteiger partial charge in [-0.2, -0.15) is 0 Å². The lowest BCUT2D eigenvalue weighted by Gasteiger charge is -2.19. The summed E-state index contributed by atoms with van der Waals surface area (Å²) in [6, 6.07) is 7.30. The van der Waals surface area contributed by atoms with Crippen molar-refractivity contribution in [2.75, 3.05) is 6.54 Å². The first-order chi connectivity index (χ1) is 9.21. The van der Waals surface area contributed by atoms with Crippen molar-refractivity contribution in [1.29, 1.82) is 0 Å². The maximum absolute atomic E-state index is 11.9. The molecule has 4 nitrogen and oxygen atoms in total. The van der Waals surface area contributed by atoms with Gasteiger partial charge in [0.1, 0.15) is 5.75 Å². The van der Waals surface area contributed by atoms with E-state index in [1.54, 1.807) is 13.0 Å². The number of carbonyl (C=O) groups is 2. The van der Waals surface area contributed by atoms with E-state index in [-0.39, 0.29) is 18.2 Å². The summed E-state index contributed by atoms with van der Waals surface area (Å²) in [6.45, 7) is 7.13. The van der Waals surface area contributed by atoms with Crippen molar-refractivity contribution in [3.63, 3.8) is 0 Å². The summed E-state index contributed by atoms with van der Waals surface area (Å²) in [6.07, 6.45) is -0.665. The average Bonchev–Trinajstić information content (AvgIpc) is 2.36. The van der Waals surface area contributed by atoms with Gasteiger partial charge in [0.25, 0.3) is 5.91 Å². The van der Waals surface area contributed by atoms with Crippen molar-refractivity contribution < 1.29 is 14.3 Å². The monoisotopic (exact) mass is 341 g/mol. The number of hydrogen-bond donors (Lipinski definition) is 1. The number of benzene rings is 1. The van der Waals surface area contributed by atoms with Crippen molar-refractivity contribution in [3.8, 4) is 5.75 Å². The number of ether oxygens (including phenoxy) is 1. The predicted octanol–water partition coefficient (Wildman–Crippen LogP) is 2.95. The van der Waals surface area contributed by atoms with Crippen LogP contribution in [0.1, 0.15) is 27.7 Å². The third-order valence-electron chi connectivity index (χ3n) is 2.77. The Hall–Kier alpha value is -1.36. The van der Waals surface area contributed by atoms with E-state index in [9.17, 15) is 9.59 Å². The normalized spacial score (nSPS) is 12.7. The lowest BCUT2D eigenvalue weighted by atomic mass is 9.91. The van der Waals surface area contributed by atoms with Crippen LogP contribution in [0, 0.1) is 5.41 Å². The minimum Gasteiger partial charge on any atom is -0.480 e. The van der Waals surface area contributed by atoms with Gasteiger partial charge in [-0.3, -0.25) is 9.59 Å². The van der Waals surface area contributed by atoms with Gasteiger partial charge in [0.2, 0.25) is 0 Å². The molecule has 0 radical (unpaired) electrons. The number of carbonyl (C=O) groups excluding carboxylic acids is 2. The van der Waals surface area contributed by atoms with Crippen LogP contribution in [0.3, 0.4) is 0 Å². The van der Waals surface area contributed by atoms with Gasteiger partial charge in [0, 0.05) is 5.41 Å². The molecule has 0 saturated heterocycles. The van der Waals surface area contributed by atoms with E-state index in [4.69, 9.17) is 4.74 Å². The summed E-state index contributed by atoms with van der Waals surface area (Å²) in [5.41, 5.74) is -0.458. The van der Waals surface area contributed by atoms with Crippen LogP contribution in [0.25, 0.3) is 0 Å². The van der Waals surface area contributed by atoms with Crippen LogP contribution in [0.15, 0.2) is 28.7 Å². The third-order valence-corrected chi connectivity index (χ3v) is 3.42. The Labute approximate surface area is 128 Å². The highest BCUT2D eigenvalue weighted by molar-refractivity contribution is 9.10. The Morgan fingerprint density at radius 2 is 1.90 bits per heavy atom. The molecule has 1 amide bonds. The number of ketones is 1. The molecule has 0 saturated carbocycles. The first kappa shape index (κ1) is 16.7. The van der Waals surface area contributed by atoms with E-state index in [2.05, 4.69) is 21.2 Å². The second-order valence-electron chi connectivity index (χ2n) is 5.58. The summed E-state index contributed by atoms with van der Waals surface area (Å²) < 4.78 is 6.34. The van der Waals surface area contributed by atoms with Crippen LogP contribution in [0.5, 0.6) is 5.75 Å². The zero-order chi connectivity index (χ0) is 15.3. The van der Waals surface area contributed by atoms with Gasteiger partial charge in [-0.1, -0.05) is 32.9 Å². The maximum atomic E-state index is 11.9. The number of amides is 1. The molecule has 1 aromatic carbocycles. The molecule has 20 heavy (non-hydrogen) atoms. The number of hydrogen-bond acceptors (Lipinski definition) is 3. The zero-order valence-corrected chi connectivity index (χ0v) is 13.8. The molecule has 1 rings (SSSR count). The quantitative estimate of drug-likeness (QED) is 0.895. The topological polar surface area (TPSA) is 55.4 Å². The molecule has 1 unspecified atom stereocenters. The van der Waals surface area contributed by atoms with Gasteiger partial charge < -0.3 is 10.1 Å². The van der Waals surface area contributed by atoms with Gasteiger partial charge in [-0.05, 0) is 35.0 Å². The number of Topliss-reactive ketones (excluding diaryl/α,β-unsaturated/α-hetero) is 1. The fourth-order valence-electron chi connectivity index (χ4n) is 1.36. The lowest BCUT2D eigenvalue weighted by molar-refractivity contribution is -0.131. The second kappa shape index (κ2) is 6.88. The Kier molecular flexibility index (Phi) is 5.74. The van der Waals surface area contributed by atoms with Crippen LogP contribution in [0.2, 0.25) is 0 Å². The van der Waals surface area contributed by atoms with Crippen LogP contribution >= 0.6 is 15.9 Å². The standard InChI is InChI=1S/C15H20BrNO3/c1-10(20-12-8-6-5-7-11(12)16)14(19)17-9-13(18)15(2,3)4/h5-8,10H,9H2,1-4H3,(H,17,19). The fraction of sp³-hybridized carbons (Fsp3) is 0.467. The van der Waals surface area contributed by atoms with E-state index in [0.29, 0.717) is 5.75 Å². The molecule has 110 valence electrons. The molecule has 0 heterocycles. The highest BCUT2D eigenvalue weighted by Gasteiger charge is 2.23. The van der Waals surface area contributed by atoms with Crippen LogP contribution in [0.4, 0.5) is 0 Å². The fourth-order valence-corrected chi connectivity index (χ4v) is 1.74. The molecule has 0 aliphatic heterocycles.